The van der Waals surface area contributed by atoms with Crippen molar-refractivity contribution in [1.29, 1.82) is 0 Å². The molecular formula is C20H23Cl2IO4. The van der Waals surface area contributed by atoms with Crippen LogP contribution in [0.3, 0.4) is 0 Å². The van der Waals surface area contributed by atoms with Gasteiger partial charge in [-0.15, -0.1) is 0 Å². The summed E-state index contributed by atoms with van der Waals surface area (Å²) in [6, 6.07) is 9.27. The van der Waals surface area contributed by atoms with Crippen LogP contribution in [0.15, 0.2) is 36.4 Å². The van der Waals surface area contributed by atoms with Crippen molar-refractivity contribution in [2.45, 2.75) is 37.7 Å². The molecular weight excluding hydrogens is 502 g/mol. The first-order valence-corrected chi connectivity index (χ1v) is 10.1. The Morgan fingerprint density at radius 3 is 1.78 bits per heavy atom. The van der Waals surface area contributed by atoms with E-state index in [2.05, 4.69) is 36.4 Å². The molecule has 0 aliphatic carbocycles. The number of ether oxygens (including phenoxy) is 1. The maximum atomic E-state index is 10.5. The van der Waals surface area contributed by atoms with E-state index in [-0.39, 0.29) is 16.9 Å². The van der Waals surface area contributed by atoms with Crippen LogP contribution in [0.25, 0.3) is 0 Å². The molecule has 148 valence electrons. The molecule has 0 saturated carbocycles. The van der Waals surface area contributed by atoms with E-state index in [0.717, 1.165) is 10.2 Å². The van der Waals surface area contributed by atoms with Gasteiger partial charge in [-0.2, -0.15) is 0 Å². The molecule has 2 aromatic rings. The lowest BCUT2D eigenvalue weighted by Gasteiger charge is -2.11. The van der Waals surface area contributed by atoms with Gasteiger partial charge in [-0.1, -0.05) is 59.6 Å². The second-order valence-electron chi connectivity index (χ2n) is 5.82. The molecule has 0 aliphatic rings. The number of phenolic OH excluding ortho intramolecular Hbond substituents is 1. The number of aromatic hydroxyl groups is 1. The summed E-state index contributed by atoms with van der Waals surface area (Å²) in [5.41, 5.74) is 0.988. The van der Waals surface area contributed by atoms with Crippen molar-refractivity contribution in [3.8, 4) is 11.5 Å². The van der Waals surface area contributed by atoms with Gasteiger partial charge in [-0.3, -0.25) is 9.59 Å². The average molecular weight is 525 g/mol. The fourth-order valence-corrected chi connectivity index (χ4v) is 1.82. The highest BCUT2D eigenvalue weighted by molar-refractivity contribution is 14.1. The molecule has 0 heterocycles. The van der Waals surface area contributed by atoms with E-state index >= 15 is 0 Å². The van der Waals surface area contributed by atoms with Crippen molar-refractivity contribution in [3.05, 3.63) is 57.6 Å². The highest BCUT2D eigenvalue weighted by Crippen LogP contribution is 2.26. The van der Waals surface area contributed by atoms with Crippen molar-refractivity contribution in [2.24, 2.45) is 0 Å². The number of carbonyl (C=O) groups is 2. The number of aldehydes is 2. The summed E-state index contributed by atoms with van der Waals surface area (Å²) in [6.45, 7) is 8.12. The summed E-state index contributed by atoms with van der Waals surface area (Å²) < 4.78 is 6.20. The predicted octanol–water partition coefficient (Wildman–Crippen LogP) is 6.63. The van der Waals surface area contributed by atoms with E-state index in [4.69, 9.17) is 33.0 Å². The quantitative estimate of drug-likeness (QED) is 0.277. The van der Waals surface area contributed by atoms with E-state index in [9.17, 15) is 9.59 Å². The van der Waals surface area contributed by atoms with Crippen LogP contribution in [0.2, 0.25) is 10.0 Å². The third-order valence-electron chi connectivity index (χ3n) is 2.56. The van der Waals surface area contributed by atoms with E-state index in [0.29, 0.717) is 28.2 Å². The van der Waals surface area contributed by atoms with Gasteiger partial charge in [0.1, 0.15) is 24.1 Å². The molecule has 2 aromatic carbocycles. The fourth-order valence-electron chi connectivity index (χ4n) is 1.54. The van der Waals surface area contributed by atoms with Crippen LogP contribution in [-0.2, 0) is 0 Å². The zero-order valence-electron chi connectivity index (χ0n) is 15.6. The van der Waals surface area contributed by atoms with E-state index in [1.807, 2.05) is 13.8 Å². The molecule has 0 saturated heterocycles. The van der Waals surface area contributed by atoms with Crippen LogP contribution >= 0.6 is 45.8 Å². The number of hydrogen-bond acceptors (Lipinski definition) is 4. The first-order valence-electron chi connectivity index (χ1n) is 8.09. The smallest absolute Gasteiger partial charge is 0.150 e. The minimum atomic E-state index is -0.0636. The van der Waals surface area contributed by atoms with Crippen LogP contribution in [-0.4, -0.2) is 27.7 Å². The van der Waals surface area contributed by atoms with Crippen molar-refractivity contribution in [3.63, 3.8) is 0 Å². The summed E-state index contributed by atoms with van der Waals surface area (Å²) in [7, 11) is 0. The van der Waals surface area contributed by atoms with E-state index in [1.165, 1.54) is 18.2 Å². The summed E-state index contributed by atoms with van der Waals surface area (Å²) >= 11 is 13.7. The standard InChI is InChI=1S/C10H11ClO2.C7H5ClO2.C3H7I/c1-7(2)13-10-5-8(6-12)3-4-9(10)11;8-6-2-1-5(4-9)3-7(6)10;1-3(2)4/h3-7H,1-2H3;1-4,10H;3H,1-2H3. The van der Waals surface area contributed by atoms with Crippen molar-refractivity contribution >= 4 is 58.4 Å². The molecule has 0 fully saturated rings. The summed E-state index contributed by atoms with van der Waals surface area (Å²) in [5.74, 6) is 0.493. The van der Waals surface area contributed by atoms with E-state index < -0.39 is 0 Å². The van der Waals surface area contributed by atoms with Crippen LogP contribution in [0, 0.1) is 0 Å². The maximum Gasteiger partial charge on any atom is 0.150 e. The predicted molar refractivity (Wildman–Crippen MR) is 120 cm³/mol. The first-order chi connectivity index (χ1) is 12.6. The molecule has 0 atom stereocenters. The lowest BCUT2D eigenvalue weighted by atomic mass is 10.2. The number of hydrogen-bond donors (Lipinski definition) is 1. The molecule has 0 radical (unpaired) electrons. The zero-order valence-corrected chi connectivity index (χ0v) is 19.2. The van der Waals surface area contributed by atoms with Crippen LogP contribution in [0.5, 0.6) is 11.5 Å². The number of alkyl halides is 1. The number of carbonyl (C=O) groups excluding carboxylic acids is 2. The van der Waals surface area contributed by atoms with Gasteiger partial charge in [0.15, 0.2) is 0 Å². The van der Waals surface area contributed by atoms with E-state index in [1.54, 1.807) is 18.2 Å². The lowest BCUT2D eigenvalue weighted by Crippen LogP contribution is -2.06. The van der Waals surface area contributed by atoms with Crippen molar-refractivity contribution < 1.29 is 19.4 Å². The molecule has 0 amide bonds. The van der Waals surface area contributed by atoms with Gasteiger partial charge in [0.05, 0.1) is 16.1 Å². The number of benzene rings is 2. The summed E-state index contributed by atoms with van der Waals surface area (Å²) in [5, 5.41) is 9.72. The van der Waals surface area contributed by atoms with Gasteiger partial charge in [0.2, 0.25) is 0 Å². The van der Waals surface area contributed by atoms with Gasteiger partial charge in [-0.05, 0) is 50.2 Å². The summed E-state index contributed by atoms with van der Waals surface area (Å²) in [6.07, 6.45) is 1.47. The van der Waals surface area contributed by atoms with Gasteiger partial charge >= 0.3 is 0 Å². The fraction of sp³-hybridized carbons (Fsp3) is 0.300. The largest absolute Gasteiger partial charge is 0.506 e. The minimum absolute atomic E-state index is 0.0550. The Balaban J connectivity index is 0.000000428. The average Bonchev–Trinajstić information content (AvgIpc) is 2.59. The molecule has 7 heteroatoms. The third-order valence-corrected chi connectivity index (χ3v) is 3.19. The molecule has 4 nitrogen and oxygen atoms in total. The lowest BCUT2D eigenvalue weighted by molar-refractivity contribution is 0.111. The Morgan fingerprint density at radius 2 is 1.37 bits per heavy atom. The molecule has 2 rings (SSSR count). The van der Waals surface area contributed by atoms with Crippen molar-refractivity contribution in [1.82, 2.24) is 0 Å². The van der Waals surface area contributed by atoms with Gasteiger partial charge in [0.25, 0.3) is 0 Å². The molecule has 0 aliphatic heterocycles. The van der Waals surface area contributed by atoms with Gasteiger partial charge in [0, 0.05) is 15.1 Å². The molecule has 0 bridgehead atoms. The molecule has 0 aromatic heterocycles. The second-order valence-corrected chi connectivity index (χ2v) is 9.12. The molecule has 1 N–H and O–H groups in total. The molecule has 0 unspecified atom stereocenters. The Morgan fingerprint density at radius 1 is 0.926 bits per heavy atom. The summed E-state index contributed by atoms with van der Waals surface area (Å²) in [4.78, 5) is 20.6. The highest BCUT2D eigenvalue weighted by Gasteiger charge is 2.04. The molecule has 27 heavy (non-hydrogen) atoms. The number of rotatable bonds is 4. The monoisotopic (exact) mass is 524 g/mol. The van der Waals surface area contributed by atoms with Crippen molar-refractivity contribution in [2.75, 3.05) is 0 Å². The van der Waals surface area contributed by atoms with Crippen LogP contribution in [0.4, 0.5) is 0 Å². The third kappa shape index (κ3) is 11.9. The Bertz CT molecular complexity index is 731. The normalized spacial score (nSPS) is 9.67. The van der Waals surface area contributed by atoms with Crippen LogP contribution < -0.4 is 4.74 Å². The zero-order chi connectivity index (χ0) is 21.0. The minimum Gasteiger partial charge on any atom is -0.506 e. The SMILES string of the molecule is CC(C)I.CC(C)Oc1cc(C=O)ccc1Cl.O=Cc1ccc(Cl)c(O)c1. The Labute approximate surface area is 184 Å². The number of halogens is 3. The second kappa shape index (κ2) is 13.8. The van der Waals surface area contributed by atoms with Crippen LogP contribution in [0.1, 0.15) is 48.4 Å². The van der Waals surface area contributed by atoms with Gasteiger partial charge in [-0.25, -0.2) is 0 Å². The topological polar surface area (TPSA) is 63.6 Å². The first kappa shape index (κ1) is 25.7. The number of phenols is 1. The Hall–Kier alpha value is -1.31. The maximum absolute atomic E-state index is 10.5. The van der Waals surface area contributed by atoms with Gasteiger partial charge < -0.3 is 9.84 Å². The molecule has 0 spiro atoms. The highest BCUT2D eigenvalue weighted by atomic mass is 127. The Kier molecular flexibility index (Phi) is 13.1.